The maximum Gasteiger partial charge on any atom is 0.410 e. The molecule has 0 spiro atoms. The Balaban J connectivity index is 1.62. The van der Waals surface area contributed by atoms with Gasteiger partial charge in [-0.05, 0) is 47.0 Å². The predicted octanol–water partition coefficient (Wildman–Crippen LogP) is 3.12. The fraction of sp³-hybridized carbons (Fsp3) is 0.750. The predicted molar refractivity (Wildman–Crippen MR) is 80.3 cm³/mol. The van der Waals surface area contributed by atoms with Crippen molar-refractivity contribution in [1.29, 1.82) is 0 Å². The van der Waals surface area contributed by atoms with Crippen LogP contribution in [0.2, 0.25) is 0 Å². The summed E-state index contributed by atoms with van der Waals surface area (Å²) < 4.78 is 7.73. The summed E-state index contributed by atoms with van der Waals surface area (Å²) in [6.07, 6.45) is 7.44. The first-order valence-electron chi connectivity index (χ1n) is 7.79. The molecule has 21 heavy (non-hydrogen) atoms. The molecule has 0 atom stereocenters. The molecule has 3 rings (SSSR count). The molecule has 1 aliphatic heterocycles. The van der Waals surface area contributed by atoms with Gasteiger partial charge in [0.15, 0.2) is 0 Å². The minimum atomic E-state index is -0.427. The third kappa shape index (κ3) is 2.65. The fourth-order valence-corrected chi connectivity index (χ4v) is 3.13. The van der Waals surface area contributed by atoms with Gasteiger partial charge in [-0.25, -0.2) is 9.78 Å². The Hall–Kier alpha value is -1.52. The number of carbonyl (C=O) groups excluding carboxylic acids is 1. The number of carbonyl (C=O) groups is 1. The second-order valence-electron chi connectivity index (χ2n) is 7.62. The second kappa shape index (κ2) is 4.75. The SMILES string of the molecule is CC(C)(C)OC(=O)N1CC(c2cncn2C2(C)CCC2)C1. The van der Waals surface area contributed by atoms with E-state index < -0.39 is 5.60 Å². The smallest absolute Gasteiger partial charge is 0.410 e. The first-order valence-corrected chi connectivity index (χ1v) is 7.79. The number of rotatable bonds is 2. The van der Waals surface area contributed by atoms with Gasteiger partial charge in [0.05, 0.1) is 6.33 Å². The van der Waals surface area contributed by atoms with E-state index in [2.05, 4.69) is 16.5 Å². The van der Waals surface area contributed by atoms with Gasteiger partial charge in [-0.3, -0.25) is 0 Å². The zero-order valence-electron chi connectivity index (χ0n) is 13.4. The van der Waals surface area contributed by atoms with Crippen LogP contribution in [-0.4, -0.2) is 39.2 Å². The molecule has 1 aromatic heterocycles. The van der Waals surface area contributed by atoms with E-state index in [1.807, 2.05) is 33.3 Å². The highest BCUT2D eigenvalue weighted by Crippen LogP contribution is 2.41. The zero-order valence-corrected chi connectivity index (χ0v) is 13.4. The quantitative estimate of drug-likeness (QED) is 0.841. The van der Waals surface area contributed by atoms with Crippen LogP contribution in [0.25, 0.3) is 0 Å². The third-order valence-electron chi connectivity index (χ3n) is 4.63. The highest BCUT2D eigenvalue weighted by atomic mass is 16.6. The Bertz CT molecular complexity index is 534. The molecule has 1 saturated carbocycles. The molecule has 2 aliphatic rings. The van der Waals surface area contributed by atoms with Gasteiger partial charge in [0.25, 0.3) is 0 Å². The minimum absolute atomic E-state index is 0.209. The van der Waals surface area contributed by atoms with Crippen molar-refractivity contribution in [3.63, 3.8) is 0 Å². The zero-order chi connectivity index (χ0) is 15.3. The molecule has 0 N–H and O–H groups in total. The summed E-state index contributed by atoms with van der Waals surface area (Å²) in [4.78, 5) is 18.1. The standard InChI is InChI=1S/C16H25N3O2/c1-15(2,3)21-14(20)18-9-12(10-18)13-8-17-11-19(13)16(4)6-5-7-16/h8,11-12H,5-7,9-10H2,1-4H3. The van der Waals surface area contributed by atoms with Gasteiger partial charge >= 0.3 is 6.09 Å². The highest BCUT2D eigenvalue weighted by molar-refractivity contribution is 5.69. The topological polar surface area (TPSA) is 47.4 Å². The molecule has 0 radical (unpaired) electrons. The van der Waals surface area contributed by atoms with Gasteiger partial charge in [-0.2, -0.15) is 0 Å². The summed E-state index contributed by atoms with van der Waals surface area (Å²) in [6, 6.07) is 0. The van der Waals surface area contributed by atoms with Crippen LogP contribution in [-0.2, 0) is 10.3 Å². The van der Waals surface area contributed by atoms with E-state index in [0.29, 0.717) is 5.92 Å². The molecule has 2 heterocycles. The molecule has 1 aliphatic carbocycles. The number of imidazole rings is 1. The number of likely N-dealkylation sites (tertiary alicyclic amines) is 1. The summed E-state index contributed by atoms with van der Waals surface area (Å²) >= 11 is 0. The lowest BCUT2D eigenvalue weighted by Gasteiger charge is -2.45. The number of amides is 1. The molecule has 0 unspecified atom stereocenters. The molecule has 0 bridgehead atoms. The molecule has 2 fully saturated rings. The van der Waals surface area contributed by atoms with Crippen molar-refractivity contribution in [3.05, 3.63) is 18.2 Å². The van der Waals surface area contributed by atoms with Gasteiger partial charge in [0, 0.05) is 36.4 Å². The Morgan fingerprint density at radius 1 is 1.38 bits per heavy atom. The third-order valence-corrected chi connectivity index (χ3v) is 4.63. The van der Waals surface area contributed by atoms with Gasteiger partial charge in [-0.1, -0.05) is 0 Å². The molecular formula is C16H25N3O2. The van der Waals surface area contributed by atoms with E-state index >= 15 is 0 Å². The van der Waals surface area contributed by atoms with Crippen molar-refractivity contribution in [1.82, 2.24) is 14.5 Å². The van der Waals surface area contributed by atoms with Crippen LogP contribution in [0.4, 0.5) is 4.79 Å². The van der Waals surface area contributed by atoms with Crippen molar-refractivity contribution < 1.29 is 9.53 Å². The van der Waals surface area contributed by atoms with Crippen LogP contribution in [0.5, 0.6) is 0 Å². The Kier molecular flexibility index (Phi) is 3.26. The average molecular weight is 291 g/mol. The van der Waals surface area contributed by atoms with Crippen LogP contribution in [0.1, 0.15) is 58.6 Å². The number of hydrogen-bond donors (Lipinski definition) is 0. The Morgan fingerprint density at radius 3 is 2.57 bits per heavy atom. The molecular weight excluding hydrogens is 266 g/mol. The van der Waals surface area contributed by atoms with Gasteiger partial charge in [-0.15, -0.1) is 0 Å². The molecule has 1 amide bonds. The van der Waals surface area contributed by atoms with Crippen LogP contribution < -0.4 is 0 Å². The lowest BCUT2D eigenvalue weighted by atomic mass is 9.77. The van der Waals surface area contributed by atoms with E-state index in [1.54, 1.807) is 4.90 Å². The maximum atomic E-state index is 12.0. The molecule has 116 valence electrons. The first-order chi connectivity index (χ1) is 9.78. The van der Waals surface area contributed by atoms with Crippen LogP contribution in [0.3, 0.4) is 0 Å². The van der Waals surface area contributed by atoms with Crippen molar-refractivity contribution in [2.24, 2.45) is 0 Å². The summed E-state index contributed by atoms with van der Waals surface area (Å²) in [5.74, 6) is 0.387. The normalized spacial score (nSPS) is 21.6. The van der Waals surface area contributed by atoms with Gasteiger partial charge < -0.3 is 14.2 Å². The number of aromatic nitrogens is 2. The molecule has 1 aromatic rings. The van der Waals surface area contributed by atoms with Crippen LogP contribution >= 0.6 is 0 Å². The molecule has 1 saturated heterocycles. The molecule has 5 nitrogen and oxygen atoms in total. The average Bonchev–Trinajstić information content (AvgIpc) is 2.70. The Labute approximate surface area is 126 Å². The minimum Gasteiger partial charge on any atom is -0.444 e. The number of hydrogen-bond acceptors (Lipinski definition) is 3. The van der Waals surface area contributed by atoms with E-state index in [9.17, 15) is 4.79 Å². The number of ether oxygens (including phenoxy) is 1. The lowest BCUT2D eigenvalue weighted by molar-refractivity contribution is 0.00687. The summed E-state index contributed by atoms with van der Waals surface area (Å²) in [6.45, 7) is 9.46. The Morgan fingerprint density at radius 2 is 2.05 bits per heavy atom. The van der Waals surface area contributed by atoms with E-state index in [-0.39, 0.29) is 11.6 Å². The van der Waals surface area contributed by atoms with Crippen molar-refractivity contribution >= 4 is 6.09 Å². The monoisotopic (exact) mass is 291 g/mol. The van der Waals surface area contributed by atoms with E-state index in [1.165, 1.54) is 25.0 Å². The maximum absolute atomic E-state index is 12.0. The van der Waals surface area contributed by atoms with E-state index in [4.69, 9.17) is 4.74 Å². The van der Waals surface area contributed by atoms with Crippen LogP contribution in [0.15, 0.2) is 12.5 Å². The summed E-state index contributed by atoms with van der Waals surface area (Å²) in [7, 11) is 0. The van der Waals surface area contributed by atoms with Gasteiger partial charge in [0.2, 0.25) is 0 Å². The van der Waals surface area contributed by atoms with Crippen molar-refractivity contribution in [2.45, 2.75) is 64.0 Å². The summed E-state index contributed by atoms with van der Waals surface area (Å²) in [5, 5.41) is 0. The highest BCUT2D eigenvalue weighted by Gasteiger charge is 2.40. The molecule has 0 aromatic carbocycles. The van der Waals surface area contributed by atoms with E-state index in [0.717, 1.165) is 13.1 Å². The van der Waals surface area contributed by atoms with Crippen LogP contribution in [0, 0.1) is 0 Å². The van der Waals surface area contributed by atoms with Crippen molar-refractivity contribution in [2.75, 3.05) is 13.1 Å². The van der Waals surface area contributed by atoms with Crippen molar-refractivity contribution in [3.8, 4) is 0 Å². The molecule has 5 heteroatoms. The number of nitrogens with zero attached hydrogens (tertiary/aromatic N) is 3. The summed E-state index contributed by atoms with van der Waals surface area (Å²) in [5.41, 5.74) is 1.07. The largest absolute Gasteiger partial charge is 0.444 e. The second-order valence-corrected chi connectivity index (χ2v) is 7.62. The fourth-order valence-electron chi connectivity index (χ4n) is 3.13. The lowest BCUT2D eigenvalue weighted by Crippen LogP contribution is -2.51. The first kappa shape index (κ1) is 14.4. The van der Waals surface area contributed by atoms with Gasteiger partial charge in [0.1, 0.15) is 5.60 Å².